The number of hydrogen-bond donors (Lipinski definition) is 0. The molecule has 1 atom stereocenters. The molecule has 7 nitrogen and oxygen atoms in total. The zero-order valence-corrected chi connectivity index (χ0v) is 22.2. The molecule has 1 aromatic heterocycles. The number of benzene rings is 2. The van der Waals surface area contributed by atoms with E-state index in [2.05, 4.69) is 6.08 Å². The van der Waals surface area contributed by atoms with Gasteiger partial charge in [-0.2, -0.15) is 0 Å². The van der Waals surface area contributed by atoms with Crippen molar-refractivity contribution in [1.82, 2.24) is 4.98 Å². The molecule has 194 valence electrons. The van der Waals surface area contributed by atoms with E-state index < -0.39 is 23.6 Å². The van der Waals surface area contributed by atoms with Crippen molar-refractivity contribution in [2.45, 2.75) is 58.7 Å². The molecule has 0 fully saturated rings. The predicted octanol–water partition coefficient (Wildman–Crippen LogP) is 6.02. The normalized spacial score (nSPS) is 15.1. The van der Waals surface area contributed by atoms with E-state index in [1.807, 2.05) is 42.5 Å². The van der Waals surface area contributed by atoms with Crippen molar-refractivity contribution in [1.29, 1.82) is 0 Å². The first-order chi connectivity index (χ1) is 17.6. The molecule has 3 aromatic rings. The lowest BCUT2D eigenvalue weighted by Gasteiger charge is -2.24. The fourth-order valence-corrected chi connectivity index (χ4v) is 4.50. The van der Waals surface area contributed by atoms with Crippen molar-refractivity contribution in [2.24, 2.45) is 0 Å². The maximum absolute atomic E-state index is 13.5. The maximum Gasteiger partial charge on any atom is 0.347 e. The van der Waals surface area contributed by atoms with E-state index in [-0.39, 0.29) is 0 Å². The van der Waals surface area contributed by atoms with Gasteiger partial charge < -0.3 is 18.9 Å². The Kier molecular flexibility index (Phi) is 7.52. The summed E-state index contributed by atoms with van der Waals surface area (Å²) in [6, 6.07) is 13.2. The average Bonchev–Trinajstić information content (AvgIpc) is 2.86. The van der Waals surface area contributed by atoms with Gasteiger partial charge in [0.25, 0.3) is 0 Å². The van der Waals surface area contributed by atoms with Crippen LogP contribution < -0.4 is 9.47 Å². The van der Waals surface area contributed by atoms with Crippen LogP contribution in [0.15, 0.2) is 42.5 Å². The third kappa shape index (κ3) is 5.77. The molecule has 37 heavy (non-hydrogen) atoms. The molecule has 7 heteroatoms. The van der Waals surface area contributed by atoms with Crippen LogP contribution >= 0.6 is 0 Å². The van der Waals surface area contributed by atoms with Gasteiger partial charge in [0.15, 0.2) is 17.6 Å². The molecule has 1 unspecified atom stereocenters. The minimum absolute atomic E-state index is 0.453. The molecule has 2 aromatic carbocycles. The summed E-state index contributed by atoms with van der Waals surface area (Å²) < 4.78 is 21.9. The highest BCUT2D eigenvalue weighted by atomic mass is 16.6. The highest BCUT2D eigenvalue weighted by Crippen LogP contribution is 2.37. The fourth-order valence-electron chi connectivity index (χ4n) is 4.50. The Hall–Kier alpha value is -3.87. The molecular weight excluding hydrogens is 470 g/mol. The van der Waals surface area contributed by atoms with Gasteiger partial charge in [-0.25, -0.2) is 14.6 Å². The third-order valence-corrected chi connectivity index (χ3v) is 6.15. The Morgan fingerprint density at radius 3 is 2.43 bits per heavy atom. The van der Waals surface area contributed by atoms with E-state index in [4.69, 9.17) is 23.9 Å². The summed E-state index contributed by atoms with van der Waals surface area (Å²) in [5.41, 5.74) is 4.04. The van der Waals surface area contributed by atoms with Crippen molar-refractivity contribution < 1.29 is 28.5 Å². The van der Waals surface area contributed by atoms with Gasteiger partial charge in [-0.3, -0.25) is 0 Å². The topological polar surface area (TPSA) is 84.0 Å². The van der Waals surface area contributed by atoms with E-state index in [1.54, 1.807) is 35.0 Å². The second-order valence-electron chi connectivity index (χ2n) is 10.0. The van der Waals surface area contributed by atoms with Crippen LogP contribution in [0.25, 0.3) is 22.6 Å². The van der Waals surface area contributed by atoms with Gasteiger partial charge in [-0.1, -0.05) is 24.3 Å². The van der Waals surface area contributed by atoms with Crippen molar-refractivity contribution in [3.8, 4) is 11.5 Å². The molecule has 0 amide bonds. The fraction of sp³-hybridized carbons (Fsp3) is 0.367. The molecular formula is C30H33NO6. The number of fused-ring (bicyclic) bond motifs is 2. The lowest BCUT2D eigenvalue weighted by Crippen LogP contribution is -2.33. The molecule has 0 N–H and O–H groups in total. The molecule has 0 saturated carbocycles. The van der Waals surface area contributed by atoms with Gasteiger partial charge >= 0.3 is 11.9 Å². The summed E-state index contributed by atoms with van der Waals surface area (Å²) in [7, 11) is 3.21. The molecule has 1 heterocycles. The molecule has 0 spiro atoms. The van der Waals surface area contributed by atoms with E-state index in [0.29, 0.717) is 34.4 Å². The van der Waals surface area contributed by atoms with Gasteiger partial charge in [0, 0.05) is 5.39 Å². The summed E-state index contributed by atoms with van der Waals surface area (Å²) in [6.45, 7) is 6.86. The summed E-state index contributed by atoms with van der Waals surface area (Å²) in [6.07, 6.45) is 3.38. The van der Waals surface area contributed by atoms with Gasteiger partial charge in [-0.05, 0) is 87.9 Å². The van der Waals surface area contributed by atoms with Crippen LogP contribution in [0.2, 0.25) is 0 Å². The largest absolute Gasteiger partial charge is 0.493 e. The Labute approximate surface area is 217 Å². The van der Waals surface area contributed by atoms with Crippen LogP contribution in [-0.4, -0.2) is 42.8 Å². The highest BCUT2D eigenvalue weighted by Gasteiger charge is 2.30. The van der Waals surface area contributed by atoms with Crippen LogP contribution in [-0.2, 0) is 20.7 Å². The van der Waals surface area contributed by atoms with Gasteiger partial charge in [0.2, 0.25) is 0 Å². The molecule has 0 radical (unpaired) electrons. The average molecular weight is 504 g/mol. The highest BCUT2D eigenvalue weighted by molar-refractivity contribution is 6.07. The second kappa shape index (κ2) is 10.6. The number of esters is 2. The van der Waals surface area contributed by atoms with Crippen LogP contribution in [0, 0.1) is 0 Å². The molecule has 0 aliphatic heterocycles. The Balaban J connectivity index is 1.77. The van der Waals surface area contributed by atoms with Crippen molar-refractivity contribution in [3.05, 3.63) is 64.8 Å². The number of pyridine rings is 1. The zero-order valence-electron chi connectivity index (χ0n) is 22.2. The SMILES string of the molecule is COc1ccc(/C=C2\CCCc3c2nc2ccccc2c3C(=O)OC(C)C(=O)OC(C)(C)C)cc1OC. The number of hydrogen-bond acceptors (Lipinski definition) is 7. The monoisotopic (exact) mass is 503 g/mol. The molecule has 0 bridgehead atoms. The third-order valence-electron chi connectivity index (χ3n) is 6.15. The Morgan fingerprint density at radius 1 is 1.00 bits per heavy atom. The van der Waals surface area contributed by atoms with E-state index in [9.17, 15) is 9.59 Å². The number of aromatic nitrogens is 1. The summed E-state index contributed by atoms with van der Waals surface area (Å²) in [4.78, 5) is 31.0. The first kappa shape index (κ1) is 26.2. The Morgan fingerprint density at radius 2 is 1.73 bits per heavy atom. The van der Waals surface area contributed by atoms with Crippen molar-refractivity contribution in [2.75, 3.05) is 14.2 Å². The van der Waals surface area contributed by atoms with Crippen molar-refractivity contribution in [3.63, 3.8) is 0 Å². The number of allylic oxidation sites excluding steroid dienone is 1. The lowest BCUT2D eigenvalue weighted by molar-refractivity contribution is -0.164. The van der Waals surface area contributed by atoms with Crippen LogP contribution in [0.4, 0.5) is 0 Å². The van der Waals surface area contributed by atoms with Crippen LogP contribution in [0.3, 0.4) is 0 Å². The summed E-state index contributed by atoms with van der Waals surface area (Å²) in [5.74, 6) is 0.157. The number of ether oxygens (including phenoxy) is 4. The van der Waals surface area contributed by atoms with E-state index >= 15 is 0 Å². The lowest BCUT2D eigenvalue weighted by atomic mass is 9.86. The van der Waals surface area contributed by atoms with Crippen LogP contribution in [0.5, 0.6) is 11.5 Å². The Bertz CT molecular complexity index is 1370. The first-order valence-corrected chi connectivity index (χ1v) is 12.4. The maximum atomic E-state index is 13.5. The molecule has 1 aliphatic rings. The smallest absolute Gasteiger partial charge is 0.347 e. The number of rotatable bonds is 6. The van der Waals surface area contributed by atoms with Gasteiger partial charge in [0.1, 0.15) is 5.60 Å². The standard InChI is InChI=1S/C30H33NO6/c1-18(28(32)37-30(2,3)4)36-29(33)26-21-11-7-8-13-23(21)31-27-20(10-9-12-22(26)27)16-19-14-15-24(34-5)25(17-19)35-6/h7-8,11,13-18H,9-10,12H2,1-6H3/b20-16+. The zero-order chi connectivity index (χ0) is 26.7. The number of methoxy groups -OCH3 is 2. The molecule has 0 saturated heterocycles. The minimum atomic E-state index is -1.04. The molecule has 1 aliphatic carbocycles. The summed E-state index contributed by atoms with van der Waals surface area (Å²) >= 11 is 0. The van der Waals surface area contributed by atoms with E-state index in [1.165, 1.54) is 6.92 Å². The van der Waals surface area contributed by atoms with Crippen molar-refractivity contribution >= 4 is 34.5 Å². The number of carbonyl (C=O) groups is 2. The van der Waals surface area contributed by atoms with Crippen LogP contribution in [0.1, 0.15) is 67.7 Å². The number of para-hydroxylation sites is 1. The van der Waals surface area contributed by atoms with Gasteiger partial charge in [0.05, 0.1) is 31.0 Å². The second-order valence-corrected chi connectivity index (χ2v) is 10.0. The minimum Gasteiger partial charge on any atom is -0.493 e. The van der Waals surface area contributed by atoms with Gasteiger partial charge in [-0.15, -0.1) is 0 Å². The first-order valence-electron chi connectivity index (χ1n) is 12.4. The predicted molar refractivity (Wildman–Crippen MR) is 143 cm³/mol. The van der Waals surface area contributed by atoms with E-state index in [0.717, 1.165) is 35.2 Å². The molecule has 4 rings (SSSR count). The summed E-state index contributed by atoms with van der Waals surface area (Å²) in [5, 5.41) is 0.704. The number of nitrogens with zero attached hydrogens (tertiary/aromatic N) is 1. The quantitative estimate of drug-likeness (QED) is 0.381. The number of carbonyl (C=O) groups excluding carboxylic acids is 2.